The minimum atomic E-state index is -0.164. The van der Waals surface area contributed by atoms with Crippen molar-refractivity contribution in [2.45, 2.75) is 61.3 Å². The lowest BCUT2D eigenvalue weighted by molar-refractivity contribution is 0.0897. The van der Waals surface area contributed by atoms with Gasteiger partial charge in [-0.05, 0) is 59.8 Å². The van der Waals surface area contributed by atoms with Gasteiger partial charge in [0.2, 0.25) is 5.78 Å². The first-order valence-corrected chi connectivity index (χ1v) is 11.6. The largest absolute Gasteiger partial charge is 0.453 e. The first-order valence-electron chi connectivity index (χ1n) is 10.6. The minimum Gasteiger partial charge on any atom is -0.453 e. The van der Waals surface area contributed by atoms with Crippen molar-refractivity contribution < 1.29 is 9.21 Å². The van der Waals surface area contributed by atoms with Crippen LogP contribution in [0.5, 0.6) is 0 Å². The van der Waals surface area contributed by atoms with E-state index in [0.29, 0.717) is 5.76 Å². The van der Waals surface area contributed by atoms with Gasteiger partial charge in [-0.2, -0.15) is 0 Å². The molecule has 0 spiro atoms. The molecule has 0 fully saturated rings. The van der Waals surface area contributed by atoms with E-state index in [-0.39, 0.29) is 17.1 Å². The Morgan fingerprint density at radius 3 is 2.43 bits per heavy atom. The molecule has 0 aliphatic heterocycles. The van der Waals surface area contributed by atoms with Crippen LogP contribution in [0.15, 0.2) is 34.8 Å². The zero-order valence-corrected chi connectivity index (χ0v) is 21.1. The third-order valence-corrected chi connectivity index (χ3v) is 6.36. The predicted octanol–water partition coefficient (Wildman–Crippen LogP) is 6.15. The third-order valence-electron chi connectivity index (χ3n) is 5.35. The normalized spacial score (nSPS) is 15.4. The first kappa shape index (κ1) is 24.6. The molecule has 0 bridgehead atoms. The summed E-state index contributed by atoms with van der Waals surface area (Å²) >= 11 is 6.19. The maximum Gasteiger partial charge on any atom is 0.200 e. The number of hydrogen-bond acceptors (Lipinski definition) is 2. The van der Waals surface area contributed by atoms with Gasteiger partial charge in [-0.1, -0.05) is 71.4 Å². The van der Waals surface area contributed by atoms with Crippen LogP contribution in [0.4, 0.5) is 0 Å². The average molecular weight is 445 g/mol. The fourth-order valence-electron chi connectivity index (χ4n) is 3.25. The Bertz CT molecular complexity index is 1070. The summed E-state index contributed by atoms with van der Waals surface area (Å²) in [7, 11) is 2.68. The van der Waals surface area contributed by atoms with Gasteiger partial charge in [0.1, 0.15) is 5.42 Å². The molecule has 0 N–H and O–H groups in total. The van der Waals surface area contributed by atoms with E-state index in [2.05, 4.69) is 62.1 Å². The summed E-state index contributed by atoms with van der Waals surface area (Å²) in [6.07, 6.45) is 5.97. The molecule has 2 rings (SSSR count). The molecule has 0 aliphatic rings. The van der Waals surface area contributed by atoms with Crippen LogP contribution in [0.2, 0.25) is 5.02 Å². The molecule has 162 valence electrons. The van der Waals surface area contributed by atoms with E-state index >= 15 is 0 Å². The zero-order chi connectivity index (χ0) is 22.6. The molecule has 0 amide bonds. The van der Waals surface area contributed by atoms with Gasteiger partial charge < -0.3 is 4.42 Å². The van der Waals surface area contributed by atoms with Crippen molar-refractivity contribution in [3.05, 3.63) is 57.3 Å². The summed E-state index contributed by atoms with van der Waals surface area (Å²) in [6.45, 7) is 14.7. The van der Waals surface area contributed by atoms with Crippen LogP contribution < -0.4 is 15.9 Å². The number of hydrogen-bond donors (Lipinski definition) is 0. The van der Waals surface area contributed by atoms with Crippen LogP contribution in [0.1, 0.15) is 77.4 Å². The summed E-state index contributed by atoms with van der Waals surface area (Å²) in [6, 6.07) is 7.92. The van der Waals surface area contributed by atoms with Crippen molar-refractivity contribution in [2.24, 2.45) is 11.3 Å². The van der Waals surface area contributed by atoms with Gasteiger partial charge in [-0.15, -0.1) is 9.24 Å². The highest BCUT2D eigenvalue weighted by Crippen LogP contribution is 2.30. The van der Waals surface area contributed by atoms with E-state index in [9.17, 15) is 4.79 Å². The molecule has 2 unspecified atom stereocenters. The number of ketones is 1. The smallest absolute Gasteiger partial charge is 0.200 e. The molecule has 1 aromatic carbocycles. The second-order valence-electron chi connectivity index (χ2n) is 8.91. The van der Waals surface area contributed by atoms with Gasteiger partial charge in [-0.25, -0.2) is 0 Å². The van der Waals surface area contributed by atoms with Gasteiger partial charge in [-0.3, -0.25) is 4.79 Å². The lowest BCUT2D eigenvalue weighted by Gasteiger charge is -2.20. The molecule has 1 aromatic heterocycles. The monoisotopic (exact) mass is 444 g/mol. The maximum atomic E-state index is 12.8. The summed E-state index contributed by atoms with van der Waals surface area (Å²) in [4.78, 5) is 12.8. The van der Waals surface area contributed by atoms with Crippen molar-refractivity contribution in [3.8, 4) is 0 Å². The maximum absolute atomic E-state index is 12.8. The number of carbonyl (C=O) groups is 1. The number of Topliss-reactive ketones (excluding diaryl/α,β-unsaturated/α-hetero) is 1. The highest BCUT2D eigenvalue weighted by atomic mass is 35.5. The van der Waals surface area contributed by atoms with Crippen molar-refractivity contribution in [2.75, 3.05) is 0 Å². The highest BCUT2D eigenvalue weighted by Gasteiger charge is 2.22. The van der Waals surface area contributed by atoms with Gasteiger partial charge in [0.25, 0.3) is 0 Å². The molecule has 2 aromatic rings. The Balaban J connectivity index is 2.79. The molecular formula is C26H34ClO2P. The van der Waals surface area contributed by atoms with E-state index in [1.54, 1.807) is 0 Å². The molecule has 0 aliphatic carbocycles. The predicted molar refractivity (Wildman–Crippen MR) is 134 cm³/mol. The summed E-state index contributed by atoms with van der Waals surface area (Å²) < 4.78 is 6.23. The molecular weight excluding hydrogens is 411 g/mol. The van der Waals surface area contributed by atoms with Gasteiger partial charge in [0, 0.05) is 21.7 Å². The number of halogens is 1. The Morgan fingerprint density at radius 1 is 1.23 bits per heavy atom. The highest BCUT2D eigenvalue weighted by molar-refractivity contribution is 7.28. The second-order valence-corrected chi connectivity index (χ2v) is 9.94. The van der Waals surface area contributed by atoms with Crippen molar-refractivity contribution in [1.29, 1.82) is 0 Å². The number of carbonyl (C=O) groups excluding carboxylic acids is 1. The molecule has 0 saturated carbocycles. The van der Waals surface area contributed by atoms with Crippen LogP contribution in [0.3, 0.4) is 0 Å². The van der Waals surface area contributed by atoms with Gasteiger partial charge in [0.05, 0.1) is 0 Å². The van der Waals surface area contributed by atoms with E-state index in [1.807, 2.05) is 32.0 Å². The number of rotatable bonds is 6. The molecule has 0 radical (unpaired) electrons. The van der Waals surface area contributed by atoms with Crippen LogP contribution in [0, 0.1) is 11.3 Å². The molecule has 2 atom stereocenters. The molecule has 1 heterocycles. The fourth-order valence-corrected chi connectivity index (χ4v) is 3.64. The van der Waals surface area contributed by atoms with Crippen LogP contribution >= 0.6 is 20.8 Å². The average Bonchev–Trinajstić information content (AvgIpc) is 3.09. The van der Waals surface area contributed by atoms with Gasteiger partial charge in [0.15, 0.2) is 5.76 Å². The molecule has 30 heavy (non-hydrogen) atoms. The molecule has 0 saturated heterocycles. The molecule has 2 nitrogen and oxygen atoms in total. The Hall–Kier alpha value is -1.63. The Morgan fingerprint density at radius 2 is 1.90 bits per heavy atom. The third kappa shape index (κ3) is 5.74. The lowest BCUT2D eigenvalue weighted by Crippen LogP contribution is -2.27. The summed E-state index contributed by atoms with van der Waals surface area (Å²) in [5.41, 5.74) is 3.92. The first-order chi connectivity index (χ1) is 14.0. The molecule has 4 heteroatoms. The zero-order valence-electron chi connectivity index (χ0n) is 19.2. The fraction of sp³-hybridized carbons (Fsp3) is 0.423. The minimum absolute atomic E-state index is 0.0524. The van der Waals surface area contributed by atoms with E-state index in [4.69, 9.17) is 16.0 Å². The Kier molecular flexibility index (Phi) is 8.31. The Labute approximate surface area is 188 Å². The van der Waals surface area contributed by atoms with Crippen LogP contribution in [0.25, 0.3) is 17.2 Å². The van der Waals surface area contributed by atoms with E-state index in [0.717, 1.165) is 50.5 Å². The quantitative estimate of drug-likeness (QED) is 0.395. The van der Waals surface area contributed by atoms with Crippen molar-refractivity contribution in [3.63, 3.8) is 0 Å². The van der Waals surface area contributed by atoms with Crippen molar-refractivity contribution in [1.82, 2.24) is 0 Å². The number of benzene rings is 1. The second kappa shape index (κ2) is 10.1. The lowest BCUT2D eigenvalue weighted by atomic mass is 9.84. The van der Waals surface area contributed by atoms with Crippen LogP contribution in [-0.4, -0.2) is 5.78 Å². The van der Waals surface area contributed by atoms with E-state index in [1.165, 1.54) is 0 Å². The SMILES string of the molecule is CC\C=c1/cc(C(=O)C(C)CC)o/c1=C(/C=C(\C)c1ccc(Cl)c(P)c1)C(C)(C)C. The summed E-state index contributed by atoms with van der Waals surface area (Å²) in [5, 5.41) is 2.69. The standard InChI is InChI=1S/C26H34ClO2P/c1-8-10-19-14-22(24(28)16(3)9-2)29-25(19)20(26(5,6)7)13-17(4)18-11-12-21(27)23(30)15-18/h10-16H,8-9,30H2,1-7H3/b17-13+,19-10+,25-20-. The number of allylic oxidation sites excluding steroid dienone is 2. The summed E-state index contributed by atoms with van der Waals surface area (Å²) in [5.74, 6) is 0.461. The number of furan rings is 1. The van der Waals surface area contributed by atoms with E-state index < -0.39 is 0 Å². The van der Waals surface area contributed by atoms with Crippen molar-refractivity contribution >= 4 is 49.2 Å². The van der Waals surface area contributed by atoms with Gasteiger partial charge >= 0.3 is 0 Å². The van der Waals surface area contributed by atoms with Crippen LogP contribution in [-0.2, 0) is 0 Å². The topological polar surface area (TPSA) is 30.2 Å².